The van der Waals surface area contributed by atoms with E-state index in [1.54, 1.807) is 5.57 Å². The quantitative estimate of drug-likeness (QED) is 0.428. The number of fused-ring (bicyclic) bond motifs is 1. The Hall–Kier alpha value is -2.65. The first-order chi connectivity index (χ1) is 15.1. The van der Waals surface area contributed by atoms with E-state index in [0.29, 0.717) is 9.23 Å². The smallest absolute Gasteiger partial charge is 0.367 e. The van der Waals surface area contributed by atoms with Crippen LogP contribution in [0.2, 0.25) is 0 Å². The van der Waals surface area contributed by atoms with Gasteiger partial charge < -0.3 is 4.90 Å². The van der Waals surface area contributed by atoms with Crippen LogP contribution >= 0.6 is 24.0 Å². The van der Waals surface area contributed by atoms with Crippen molar-refractivity contribution in [3.8, 4) is 0 Å². The number of nitrogens with zero attached hydrogens (tertiary/aromatic N) is 3. The van der Waals surface area contributed by atoms with E-state index in [0.717, 1.165) is 24.6 Å². The monoisotopic (exact) mass is 454 g/mol. The third kappa shape index (κ3) is 4.24. The van der Waals surface area contributed by atoms with Gasteiger partial charge in [-0.05, 0) is 55.4 Å². The van der Waals surface area contributed by atoms with Gasteiger partial charge in [0.2, 0.25) is 0 Å². The van der Waals surface area contributed by atoms with Gasteiger partial charge >= 0.3 is 5.76 Å². The van der Waals surface area contributed by atoms with E-state index >= 15 is 0 Å². The van der Waals surface area contributed by atoms with E-state index in [9.17, 15) is 9.59 Å². The molecule has 1 aromatic carbocycles. The number of allylic oxidation sites excluding steroid dienone is 1. The van der Waals surface area contributed by atoms with Crippen LogP contribution in [0.3, 0.4) is 0 Å². The van der Waals surface area contributed by atoms with Crippen molar-refractivity contribution in [3.63, 3.8) is 0 Å². The van der Waals surface area contributed by atoms with Crippen molar-refractivity contribution >= 4 is 46.0 Å². The molecule has 2 aliphatic heterocycles. The number of piperidine rings is 1. The molecule has 0 bridgehead atoms. The lowest BCUT2D eigenvalue weighted by molar-refractivity contribution is -0.122. The van der Waals surface area contributed by atoms with E-state index in [-0.39, 0.29) is 18.3 Å². The van der Waals surface area contributed by atoms with Crippen molar-refractivity contribution in [1.82, 2.24) is 15.0 Å². The fraction of sp³-hybridized carbons (Fsp3) is 0.364. The molecule has 2 saturated heterocycles. The second-order valence-electron chi connectivity index (χ2n) is 8.02. The summed E-state index contributed by atoms with van der Waals surface area (Å²) in [5.41, 5.74) is 3.72. The lowest BCUT2D eigenvalue weighted by Gasteiger charge is -2.37. The molecule has 1 aromatic heterocycles. The Labute approximate surface area is 189 Å². The zero-order valence-corrected chi connectivity index (χ0v) is 18.5. The predicted octanol–water partition coefficient (Wildman–Crippen LogP) is 3.70. The summed E-state index contributed by atoms with van der Waals surface area (Å²) in [6.07, 6.45) is 9.35. The SMILES string of the molecule is O=C1C(=Cc2cccc(N3CCC4CCCC=C4C3)c2)SC(=S)N1Cc1noc(=O)[nH]1. The first-order valence-corrected chi connectivity index (χ1v) is 11.6. The molecule has 31 heavy (non-hydrogen) atoms. The van der Waals surface area contributed by atoms with Gasteiger partial charge in [0.25, 0.3) is 5.91 Å². The number of amides is 1. The maximum atomic E-state index is 12.9. The maximum absolute atomic E-state index is 12.9. The summed E-state index contributed by atoms with van der Waals surface area (Å²) < 4.78 is 4.93. The van der Waals surface area contributed by atoms with Crippen LogP contribution < -0.4 is 10.7 Å². The molecule has 5 rings (SSSR count). The van der Waals surface area contributed by atoms with Crippen LogP contribution in [0.1, 0.15) is 37.1 Å². The fourth-order valence-corrected chi connectivity index (χ4v) is 5.69. The third-order valence-electron chi connectivity index (χ3n) is 6.01. The molecular formula is C22H22N4O3S2. The minimum atomic E-state index is -0.652. The largest absolute Gasteiger partial charge is 0.438 e. The van der Waals surface area contributed by atoms with Gasteiger partial charge in [-0.25, -0.2) is 4.79 Å². The molecular weight excluding hydrogens is 432 g/mol. The molecule has 1 N–H and O–H groups in total. The average molecular weight is 455 g/mol. The number of nitrogens with one attached hydrogen (secondary N) is 1. The average Bonchev–Trinajstić information content (AvgIpc) is 3.31. The Morgan fingerprint density at radius 2 is 2.23 bits per heavy atom. The van der Waals surface area contributed by atoms with Crippen LogP contribution in [0.5, 0.6) is 0 Å². The molecule has 1 amide bonds. The van der Waals surface area contributed by atoms with Gasteiger partial charge in [-0.3, -0.25) is 19.2 Å². The summed E-state index contributed by atoms with van der Waals surface area (Å²) >= 11 is 6.62. The lowest BCUT2D eigenvalue weighted by atomic mass is 9.82. The number of H-pyrrole nitrogens is 1. The summed E-state index contributed by atoms with van der Waals surface area (Å²) in [6, 6.07) is 8.29. The number of thioether (sulfide) groups is 1. The highest BCUT2D eigenvalue weighted by molar-refractivity contribution is 8.26. The van der Waals surface area contributed by atoms with Crippen molar-refractivity contribution in [2.45, 2.75) is 32.2 Å². The molecule has 2 fully saturated rings. The van der Waals surface area contributed by atoms with Gasteiger partial charge in [0, 0.05) is 18.8 Å². The predicted molar refractivity (Wildman–Crippen MR) is 125 cm³/mol. The zero-order valence-electron chi connectivity index (χ0n) is 16.9. The Balaban J connectivity index is 1.33. The molecule has 160 valence electrons. The number of anilines is 1. The normalized spacial score (nSPS) is 22.8. The standard InChI is InChI=1S/C22H22N4O3S2/c27-20-18(31-22(30)26(20)13-19-23-21(28)29-24-19)11-14-4-3-7-17(10-14)25-9-8-15-5-1-2-6-16(15)12-25/h3-4,6-7,10-11,15H,1-2,5,8-9,12-13H2,(H,23,24,28). The second kappa shape index (κ2) is 8.47. The molecule has 2 aromatic rings. The molecule has 7 nitrogen and oxygen atoms in total. The molecule has 0 radical (unpaired) electrons. The summed E-state index contributed by atoms with van der Waals surface area (Å²) in [7, 11) is 0. The van der Waals surface area contributed by atoms with E-state index < -0.39 is 5.76 Å². The van der Waals surface area contributed by atoms with Gasteiger partial charge in [0.05, 0.1) is 11.4 Å². The van der Waals surface area contributed by atoms with Crippen molar-refractivity contribution < 1.29 is 9.32 Å². The number of hydrogen-bond acceptors (Lipinski definition) is 7. The van der Waals surface area contributed by atoms with Crippen LogP contribution in [0, 0.1) is 5.92 Å². The molecule has 0 spiro atoms. The number of benzene rings is 1. The number of aromatic nitrogens is 2. The van der Waals surface area contributed by atoms with E-state index in [4.69, 9.17) is 12.2 Å². The molecule has 3 aliphatic rings. The van der Waals surface area contributed by atoms with Gasteiger partial charge in [0.15, 0.2) is 5.82 Å². The summed E-state index contributed by atoms with van der Waals surface area (Å²) in [4.78, 5) is 30.8. The molecule has 1 aliphatic carbocycles. The van der Waals surface area contributed by atoms with Crippen molar-refractivity contribution in [2.75, 3.05) is 18.0 Å². The van der Waals surface area contributed by atoms with Gasteiger partial charge in [-0.2, -0.15) is 0 Å². The number of carbonyl (C=O) groups excluding carboxylic acids is 1. The topological polar surface area (TPSA) is 82.4 Å². The Kier molecular flexibility index (Phi) is 5.54. The molecule has 1 atom stereocenters. The van der Waals surface area contributed by atoms with Crippen molar-refractivity contribution in [1.29, 1.82) is 0 Å². The van der Waals surface area contributed by atoms with Crippen LogP contribution in [-0.4, -0.2) is 38.4 Å². The lowest BCUT2D eigenvalue weighted by Crippen LogP contribution is -2.36. The van der Waals surface area contributed by atoms with Gasteiger partial charge in [-0.15, -0.1) is 0 Å². The van der Waals surface area contributed by atoms with Crippen molar-refractivity contribution in [2.24, 2.45) is 5.92 Å². The minimum Gasteiger partial charge on any atom is -0.367 e. The highest BCUT2D eigenvalue weighted by Crippen LogP contribution is 2.36. The van der Waals surface area contributed by atoms with E-state index in [1.165, 1.54) is 48.0 Å². The third-order valence-corrected chi connectivity index (χ3v) is 7.39. The number of carbonyl (C=O) groups is 1. The Morgan fingerprint density at radius 1 is 1.32 bits per heavy atom. The maximum Gasteiger partial charge on any atom is 0.438 e. The molecule has 3 heterocycles. The number of rotatable bonds is 4. The van der Waals surface area contributed by atoms with Crippen molar-refractivity contribution in [3.05, 3.63) is 62.8 Å². The molecule has 0 saturated carbocycles. The molecule has 1 unspecified atom stereocenters. The summed E-state index contributed by atoms with van der Waals surface area (Å²) in [5, 5.41) is 3.61. The van der Waals surface area contributed by atoms with E-state index in [1.807, 2.05) is 18.2 Å². The minimum absolute atomic E-state index is 0.0812. The number of aromatic amines is 1. The Morgan fingerprint density at radius 3 is 3.06 bits per heavy atom. The second-order valence-corrected chi connectivity index (χ2v) is 9.70. The van der Waals surface area contributed by atoms with Crippen LogP contribution in [0.4, 0.5) is 5.69 Å². The Bertz CT molecular complexity index is 1150. The summed E-state index contributed by atoms with van der Waals surface area (Å²) in [5.74, 6) is 0.178. The van der Waals surface area contributed by atoms with Gasteiger partial charge in [-0.1, -0.05) is 52.9 Å². The highest BCUT2D eigenvalue weighted by Gasteiger charge is 2.33. The van der Waals surface area contributed by atoms with Gasteiger partial charge in [0.1, 0.15) is 4.32 Å². The first kappa shape index (κ1) is 20.3. The fourth-order valence-electron chi connectivity index (χ4n) is 4.44. The van der Waals surface area contributed by atoms with Crippen LogP contribution in [-0.2, 0) is 11.3 Å². The highest BCUT2D eigenvalue weighted by atomic mass is 32.2. The number of hydrogen-bond donors (Lipinski definition) is 1. The van der Waals surface area contributed by atoms with Crippen LogP contribution in [0.25, 0.3) is 6.08 Å². The van der Waals surface area contributed by atoms with E-state index in [2.05, 4.69) is 37.8 Å². The summed E-state index contributed by atoms with van der Waals surface area (Å²) in [6.45, 7) is 2.13. The zero-order chi connectivity index (χ0) is 21.4. The molecule has 9 heteroatoms. The number of thiocarbonyl (C=S) groups is 1. The first-order valence-electron chi connectivity index (χ1n) is 10.4. The van der Waals surface area contributed by atoms with Crippen LogP contribution in [0.15, 0.2) is 50.1 Å².